The van der Waals surface area contributed by atoms with Crippen LogP contribution in [0.3, 0.4) is 0 Å². The number of nitrogens with zero attached hydrogens (tertiary/aromatic N) is 1. The van der Waals surface area contributed by atoms with Gasteiger partial charge in [-0.2, -0.15) is 0 Å². The first kappa shape index (κ1) is 11.5. The molecule has 0 amide bonds. The van der Waals surface area contributed by atoms with Gasteiger partial charge < -0.3 is 10.5 Å². The third-order valence-corrected chi connectivity index (χ3v) is 3.14. The van der Waals surface area contributed by atoms with E-state index < -0.39 is 0 Å². The van der Waals surface area contributed by atoms with E-state index in [1.54, 1.807) is 7.11 Å². The number of aromatic nitrogens is 1. The topological polar surface area (TPSA) is 48.1 Å². The lowest BCUT2D eigenvalue weighted by molar-refractivity contribution is 0.415. The van der Waals surface area contributed by atoms with E-state index in [-0.39, 0.29) is 0 Å². The molecule has 1 heterocycles. The first-order chi connectivity index (χ1) is 9.28. The lowest BCUT2D eigenvalue weighted by atomic mass is 10.0. The summed E-state index contributed by atoms with van der Waals surface area (Å²) in [6.45, 7) is 0. The van der Waals surface area contributed by atoms with Gasteiger partial charge in [-0.05, 0) is 23.8 Å². The number of methoxy groups -OCH3 is 1. The van der Waals surface area contributed by atoms with E-state index in [1.165, 1.54) is 0 Å². The monoisotopic (exact) mass is 250 g/mol. The zero-order chi connectivity index (χ0) is 13.2. The number of rotatable bonds is 2. The summed E-state index contributed by atoms with van der Waals surface area (Å²) in [5, 5.41) is 1.05. The van der Waals surface area contributed by atoms with Crippen LogP contribution in [-0.4, -0.2) is 12.1 Å². The van der Waals surface area contributed by atoms with E-state index in [0.717, 1.165) is 27.8 Å². The Morgan fingerprint density at radius 2 is 1.79 bits per heavy atom. The fourth-order valence-electron chi connectivity index (χ4n) is 2.14. The van der Waals surface area contributed by atoms with Crippen molar-refractivity contribution in [3.63, 3.8) is 0 Å². The van der Waals surface area contributed by atoms with Gasteiger partial charge in [-0.3, -0.25) is 0 Å². The molecule has 0 saturated carbocycles. The molecule has 3 heteroatoms. The maximum atomic E-state index is 6.06. The molecule has 19 heavy (non-hydrogen) atoms. The Morgan fingerprint density at radius 1 is 1.00 bits per heavy atom. The number of ether oxygens (including phenoxy) is 1. The summed E-state index contributed by atoms with van der Waals surface area (Å²) >= 11 is 0. The highest BCUT2D eigenvalue weighted by atomic mass is 16.5. The molecule has 0 aliphatic heterocycles. The molecule has 0 saturated heterocycles. The van der Waals surface area contributed by atoms with E-state index >= 15 is 0 Å². The molecule has 0 spiro atoms. The molecule has 3 nitrogen and oxygen atoms in total. The smallest absolute Gasteiger partial charge is 0.131 e. The Labute approximate surface area is 111 Å². The molecule has 0 aliphatic carbocycles. The molecule has 1 aromatic heterocycles. The maximum Gasteiger partial charge on any atom is 0.131 e. The van der Waals surface area contributed by atoms with Crippen LogP contribution in [0.5, 0.6) is 5.75 Å². The molecule has 0 fully saturated rings. The van der Waals surface area contributed by atoms with Crippen LogP contribution in [0.1, 0.15) is 0 Å². The Morgan fingerprint density at radius 3 is 2.53 bits per heavy atom. The molecule has 94 valence electrons. The third-order valence-electron chi connectivity index (χ3n) is 3.14. The van der Waals surface area contributed by atoms with E-state index in [1.807, 2.05) is 48.5 Å². The molecule has 2 N–H and O–H groups in total. The van der Waals surface area contributed by atoms with E-state index in [4.69, 9.17) is 10.5 Å². The Bertz CT molecular complexity index is 723. The van der Waals surface area contributed by atoms with Gasteiger partial charge in [-0.15, -0.1) is 0 Å². The van der Waals surface area contributed by atoms with Gasteiger partial charge in [-0.1, -0.05) is 30.3 Å². The van der Waals surface area contributed by atoms with Crippen molar-refractivity contribution in [2.45, 2.75) is 0 Å². The summed E-state index contributed by atoms with van der Waals surface area (Å²) < 4.78 is 5.20. The number of nitrogen functional groups attached to an aromatic ring is 1. The van der Waals surface area contributed by atoms with Crippen LogP contribution in [-0.2, 0) is 0 Å². The average molecular weight is 250 g/mol. The molecule has 0 bridgehead atoms. The number of benzene rings is 2. The van der Waals surface area contributed by atoms with Gasteiger partial charge in [0.2, 0.25) is 0 Å². The van der Waals surface area contributed by atoms with Gasteiger partial charge >= 0.3 is 0 Å². The first-order valence-electron chi connectivity index (χ1n) is 6.07. The second-order valence-corrected chi connectivity index (χ2v) is 4.35. The number of hydrogen-bond donors (Lipinski definition) is 1. The highest BCUT2D eigenvalue weighted by Crippen LogP contribution is 2.29. The van der Waals surface area contributed by atoms with Crippen molar-refractivity contribution in [3.8, 4) is 16.9 Å². The minimum absolute atomic E-state index is 0.534. The summed E-state index contributed by atoms with van der Waals surface area (Å²) in [5.41, 5.74) is 8.93. The van der Waals surface area contributed by atoms with E-state index in [2.05, 4.69) is 11.1 Å². The summed E-state index contributed by atoms with van der Waals surface area (Å²) in [5.74, 6) is 1.32. The molecule has 0 unspecified atom stereocenters. The fraction of sp³-hybridized carbons (Fsp3) is 0.0625. The number of fused-ring (bicyclic) bond motifs is 1. The van der Waals surface area contributed by atoms with Gasteiger partial charge in [0.15, 0.2) is 0 Å². The lowest BCUT2D eigenvalue weighted by Gasteiger charge is -2.08. The van der Waals surface area contributed by atoms with Gasteiger partial charge in [0.1, 0.15) is 11.6 Å². The highest BCUT2D eigenvalue weighted by Gasteiger charge is 2.06. The number of hydrogen-bond acceptors (Lipinski definition) is 3. The molecule has 0 radical (unpaired) electrons. The number of anilines is 1. The van der Waals surface area contributed by atoms with Crippen LogP contribution < -0.4 is 10.5 Å². The van der Waals surface area contributed by atoms with Gasteiger partial charge in [0.05, 0.1) is 12.6 Å². The van der Waals surface area contributed by atoms with Crippen molar-refractivity contribution in [2.24, 2.45) is 0 Å². The summed E-state index contributed by atoms with van der Waals surface area (Å²) in [7, 11) is 1.64. The van der Waals surface area contributed by atoms with Crippen LogP contribution in [0.15, 0.2) is 54.6 Å². The quantitative estimate of drug-likeness (QED) is 0.757. The van der Waals surface area contributed by atoms with E-state index in [0.29, 0.717) is 5.82 Å². The normalized spacial score (nSPS) is 10.6. The predicted molar refractivity (Wildman–Crippen MR) is 78.1 cm³/mol. The summed E-state index contributed by atoms with van der Waals surface area (Å²) in [4.78, 5) is 4.46. The van der Waals surface area contributed by atoms with Crippen LogP contribution in [0.4, 0.5) is 5.82 Å². The number of nitrogens with two attached hydrogens (primary N) is 1. The second kappa shape index (κ2) is 4.61. The van der Waals surface area contributed by atoms with Crippen molar-refractivity contribution in [1.82, 2.24) is 4.98 Å². The van der Waals surface area contributed by atoms with Crippen molar-refractivity contribution in [1.29, 1.82) is 0 Å². The molecule has 0 atom stereocenters. The third kappa shape index (κ3) is 2.10. The maximum absolute atomic E-state index is 6.06. The molecule has 3 aromatic rings. The standard InChI is InChI=1S/C16H14N2O/c1-19-13-8-7-12-9-14(11-5-3-2-4-6-11)16(17)18-15(12)10-13/h2-10H,1H3,(H2,17,18). The fourth-order valence-corrected chi connectivity index (χ4v) is 2.14. The van der Waals surface area contributed by atoms with Crippen molar-refractivity contribution < 1.29 is 4.74 Å². The van der Waals surface area contributed by atoms with Crippen molar-refractivity contribution in [3.05, 3.63) is 54.6 Å². The van der Waals surface area contributed by atoms with Crippen molar-refractivity contribution in [2.75, 3.05) is 12.8 Å². The zero-order valence-electron chi connectivity index (χ0n) is 10.6. The van der Waals surface area contributed by atoms with Crippen LogP contribution in [0.2, 0.25) is 0 Å². The van der Waals surface area contributed by atoms with Gasteiger partial charge in [-0.25, -0.2) is 4.98 Å². The van der Waals surface area contributed by atoms with Crippen LogP contribution in [0.25, 0.3) is 22.0 Å². The molecular formula is C16H14N2O. The second-order valence-electron chi connectivity index (χ2n) is 4.35. The van der Waals surface area contributed by atoms with Crippen molar-refractivity contribution >= 4 is 16.7 Å². The lowest BCUT2D eigenvalue weighted by Crippen LogP contribution is -1.95. The van der Waals surface area contributed by atoms with Gasteiger partial charge in [0.25, 0.3) is 0 Å². The number of pyridine rings is 1. The average Bonchev–Trinajstić information content (AvgIpc) is 2.47. The summed E-state index contributed by atoms with van der Waals surface area (Å²) in [6, 6.07) is 17.9. The highest BCUT2D eigenvalue weighted by molar-refractivity contribution is 5.89. The van der Waals surface area contributed by atoms with Crippen LogP contribution >= 0.6 is 0 Å². The molecule has 3 rings (SSSR count). The first-order valence-corrected chi connectivity index (χ1v) is 6.07. The Balaban J connectivity index is 2.20. The summed E-state index contributed by atoms with van der Waals surface area (Å²) in [6.07, 6.45) is 0. The zero-order valence-corrected chi connectivity index (χ0v) is 10.6. The molecular weight excluding hydrogens is 236 g/mol. The molecule has 2 aromatic carbocycles. The molecule has 0 aliphatic rings. The SMILES string of the molecule is COc1ccc2cc(-c3ccccc3)c(N)nc2c1. The largest absolute Gasteiger partial charge is 0.497 e. The van der Waals surface area contributed by atoms with Crippen LogP contribution in [0, 0.1) is 0 Å². The predicted octanol–water partition coefficient (Wildman–Crippen LogP) is 3.49. The Hall–Kier alpha value is -2.55. The minimum atomic E-state index is 0.534. The Kier molecular flexibility index (Phi) is 2.80. The van der Waals surface area contributed by atoms with E-state index in [9.17, 15) is 0 Å². The van der Waals surface area contributed by atoms with Gasteiger partial charge in [0, 0.05) is 17.0 Å². The minimum Gasteiger partial charge on any atom is -0.497 e.